The molecule has 13 nitrogen and oxygen atoms in total. The van der Waals surface area contributed by atoms with E-state index in [1.54, 1.807) is 48.3 Å². The molecule has 5 aromatic rings. The summed E-state index contributed by atoms with van der Waals surface area (Å²) in [5.74, 6) is 1.26. The van der Waals surface area contributed by atoms with Crippen LogP contribution in [0.5, 0.6) is 0 Å². The normalized spacial score (nSPS) is 18.7. The molecule has 8 rings (SSSR count). The molecule has 2 aromatic carbocycles. The molecule has 0 radical (unpaired) electrons. The fourth-order valence-electron chi connectivity index (χ4n) is 7.41. The highest BCUT2D eigenvalue weighted by Gasteiger charge is 2.34. The van der Waals surface area contributed by atoms with Gasteiger partial charge in [-0.1, -0.05) is 54.9 Å². The van der Waals surface area contributed by atoms with Gasteiger partial charge in [-0.3, -0.25) is 14.6 Å². The van der Waals surface area contributed by atoms with E-state index in [1.165, 1.54) is 19.3 Å². The fraction of sp³-hybridized carbons (Fsp3) is 0.385. The van der Waals surface area contributed by atoms with Crippen LogP contribution in [0.15, 0.2) is 90.4 Å². The summed E-state index contributed by atoms with van der Waals surface area (Å²) in [5.41, 5.74) is 3.15. The highest BCUT2D eigenvalue weighted by Crippen LogP contribution is 2.30. The molecule has 2 saturated heterocycles. The summed E-state index contributed by atoms with van der Waals surface area (Å²) in [6, 6.07) is 19.1. The van der Waals surface area contributed by atoms with E-state index in [0.29, 0.717) is 74.9 Å². The summed E-state index contributed by atoms with van der Waals surface area (Å²) in [6.45, 7) is 4.14. The van der Waals surface area contributed by atoms with E-state index < -0.39 is 0 Å². The Labute approximate surface area is 312 Å². The molecule has 3 aromatic heterocycles. The molecule has 3 aliphatic rings. The minimum absolute atomic E-state index is 0.00948. The number of nitrogens with zero attached hydrogens (tertiary/aromatic N) is 11. The lowest BCUT2D eigenvalue weighted by Crippen LogP contribution is -2.51. The van der Waals surface area contributed by atoms with Crippen LogP contribution in [0.3, 0.4) is 0 Å². The second kappa shape index (κ2) is 15.6. The third-order valence-electron chi connectivity index (χ3n) is 10.4. The molecule has 14 heteroatoms. The Morgan fingerprint density at radius 2 is 1.28 bits per heavy atom. The van der Waals surface area contributed by atoms with Crippen molar-refractivity contribution in [2.75, 3.05) is 55.6 Å². The van der Waals surface area contributed by atoms with Gasteiger partial charge in [0.1, 0.15) is 5.01 Å². The number of amides is 2. The van der Waals surface area contributed by atoms with Crippen molar-refractivity contribution in [3.05, 3.63) is 107 Å². The molecular formula is C39H43N11O2S. The number of aromatic nitrogens is 6. The highest BCUT2D eigenvalue weighted by atomic mass is 32.1. The Morgan fingerprint density at radius 3 is 1.94 bits per heavy atom. The summed E-state index contributed by atoms with van der Waals surface area (Å²) in [6.07, 6.45) is 13.0. The van der Waals surface area contributed by atoms with Crippen LogP contribution in [0.4, 0.5) is 11.9 Å². The van der Waals surface area contributed by atoms with Gasteiger partial charge < -0.3 is 19.6 Å². The zero-order valence-corrected chi connectivity index (χ0v) is 30.7. The summed E-state index contributed by atoms with van der Waals surface area (Å²) in [4.78, 5) is 59.4. The Kier molecular flexibility index (Phi) is 10.2. The molecule has 0 spiro atoms. The molecule has 2 aliphatic heterocycles. The van der Waals surface area contributed by atoms with Crippen LogP contribution in [0.25, 0.3) is 10.6 Å². The van der Waals surface area contributed by atoms with Crippen LogP contribution in [-0.4, -0.2) is 103 Å². The van der Waals surface area contributed by atoms with E-state index in [1.807, 2.05) is 70.1 Å². The molecule has 2 amide bonds. The van der Waals surface area contributed by atoms with Crippen LogP contribution in [0.1, 0.15) is 64.4 Å². The van der Waals surface area contributed by atoms with Gasteiger partial charge in [0, 0.05) is 94.3 Å². The molecule has 1 saturated carbocycles. The highest BCUT2D eigenvalue weighted by molar-refractivity contribution is 7.12. The Morgan fingerprint density at radius 1 is 0.698 bits per heavy atom. The predicted molar refractivity (Wildman–Crippen MR) is 204 cm³/mol. The number of benzene rings is 2. The van der Waals surface area contributed by atoms with Gasteiger partial charge in [0.05, 0.1) is 12.1 Å². The first-order chi connectivity index (χ1) is 26.0. The molecule has 1 unspecified atom stereocenters. The number of anilines is 2. The molecule has 53 heavy (non-hydrogen) atoms. The lowest BCUT2D eigenvalue weighted by molar-refractivity contribution is 0.0652. The van der Waals surface area contributed by atoms with Crippen molar-refractivity contribution in [2.45, 2.75) is 44.2 Å². The van der Waals surface area contributed by atoms with Gasteiger partial charge in [0.2, 0.25) is 16.7 Å². The SMILES string of the molecule is Cn1nc(-c2ccc(C(=O)N3CCN(c4ncccn4)CC3c3ccc(C(=O)N4CCN(c5ncccn5)CC4)cc3)cc2)sc1=NC1CCCCC1. The van der Waals surface area contributed by atoms with Crippen LogP contribution >= 0.6 is 11.3 Å². The Hall–Kier alpha value is -5.50. The minimum Gasteiger partial charge on any atom is -0.337 e. The summed E-state index contributed by atoms with van der Waals surface area (Å²) in [7, 11) is 1.95. The monoisotopic (exact) mass is 729 g/mol. The van der Waals surface area contributed by atoms with Gasteiger partial charge in [0.15, 0.2) is 0 Å². The first-order valence-electron chi connectivity index (χ1n) is 18.4. The van der Waals surface area contributed by atoms with Crippen molar-refractivity contribution in [2.24, 2.45) is 12.0 Å². The molecule has 3 fully saturated rings. The van der Waals surface area contributed by atoms with Crippen LogP contribution < -0.4 is 14.6 Å². The van der Waals surface area contributed by atoms with Crippen molar-refractivity contribution in [3.8, 4) is 10.6 Å². The number of carbonyl (C=O) groups excluding carboxylic acids is 2. The van der Waals surface area contributed by atoms with Crippen LogP contribution in [-0.2, 0) is 7.05 Å². The molecule has 5 heterocycles. The fourth-order valence-corrected chi connectivity index (χ4v) is 8.37. The third-order valence-corrected chi connectivity index (χ3v) is 11.4. The maximum absolute atomic E-state index is 14.2. The second-order valence-electron chi connectivity index (χ2n) is 13.8. The van der Waals surface area contributed by atoms with Gasteiger partial charge >= 0.3 is 0 Å². The summed E-state index contributed by atoms with van der Waals surface area (Å²) < 4.78 is 1.87. The molecule has 1 atom stereocenters. The Balaban J connectivity index is 0.988. The first kappa shape index (κ1) is 34.6. The average molecular weight is 730 g/mol. The number of aryl methyl sites for hydroxylation is 1. The Bertz CT molecular complexity index is 2070. The second-order valence-corrected chi connectivity index (χ2v) is 14.7. The van der Waals surface area contributed by atoms with Crippen molar-refractivity contribution >= 4 is 35.0 Å². The largest absolute Gasteiger partial charge is 0.337 e. The van der Waals surface area contributed by atoms with Gasteiger partial charge in [0.25, 0.3) is 11.8 Å². The van der Waals surface area contributed by atoms with Crippen molar-refractivity contribution in [1.29, 1.82) is 0 Å². The van der Waals surface area contributed by atoms with Gasteiger partial charge in [-0.2, -0.15) is 5.10 Å². The molecule has 272 valence electrons. The summed E-state index contributed by atoms with van der Waals surface area (Å²) >= 11 is 1.59. The number of hydrogen-bond donors (Lipinski definition) is 0. The standard InChI is InChI=1S/C39H43N11O2S/c1-46-39(44-32-7-3-2-4-8-32)53-34(45-46)29-11-15-31(16-12-29)36(52)50-26-25-49(38-42-19-6-20-43-38)27-33(50)28-9-13-30(14-10-28)35(51)47-21-23-48(24-22-47)37-40-17-5-18-41-37/h5-6,9-20,32-33H,2-4,7-8,21-27H2,1H3. The van der Waals surface area contributed by atoms with Crippen molar-refractivity contribution in [1.82, 2.24) is 39.5 Å². The van der Waals surface area contributed by atoms with E-state index in [9.17, 15) is 9.59 Å². The van der Waals surface area contributed by atoms with Crippen LogP contribution in [0, 0.1) is 0 Å². The predicted octanol–water partition coefficient (Wildman–Crippen LogP) is 4.63. The smallest absolute Gasteiger partial charge is 0.254 e. The number of rotatable bonds is 7. The maximum atomic E-state index is 14.2. The van der Waals surface area contributed by atoms with Crippen molar-refractivity contribution in [3.63, 3.8) is 0 Å². The first-order valence-corrected chi connectivity index (χ1v) is 19.2. The zero-order chi connectivity index (χ0) is 36.1. The quantitative estimate of drug-likeness (QED) is 0.236. The third kappa shape index (κ3) is 7.68. The lowest BCUT2D eigenvalue weighted by Gasteiger charge is -2.41. The van der Waals surface area contributed by atoms with E-state index in [2.05, 4.69) is 29.7 Å². The molecule has 0 N–H and O–H groups in total. The van der Waals surface area contributed by atoms with E-state index in [-0.39, 0.29) is 17.9 Å². The van der Waals surface area contributed by atoms with Crippen LogP contribution in [0.2, 0.25) is 0 Å². The molecule has 1 aliphatic carbocycles. The van der Waals surface area contributed by atoms with E-state index in [0.717, 1.165) is 33.8 Å². The zero-order valence-electron chi connectivity index (χ0n) is 29.9. The minimum atomic E-state index is -0.278. The van der Waals surface area contributed by atoms with Gasteiger partial charge in [-0.05, 0) is 54.8 Å². The van der Waals surface area contributed by atoms with Crippen molar-refractivity contribution < 1.29 is 9.59 Å². The number of piperazine rings is 2. The topological polar surface area (TPSA) is 129 Å². The van der Waals surface area contributed by atoms with E-state index in [4.69, 9.17) is 10.1 Å². The number of carbonyl (C=O) groups is 2. The van der Waals surface area contributed by atoms with E-state index >= 15 is 0 Å². The lowest BCUT2D eigenvalue weighted by atomic mass is 9.96. The average Bonchev–Trinajstić information content (AvgIpc) is 3.60. The number of hydrogen-bond acceptors (Lipinski definition) is 11. The molecular weight excluding hydrogens is 687 g/mol. The molecule has 0 bridgehead atoms. The van der Waals surface area contributed by atoms with Gasteiger partial charge in [-0.15, -0.1) is 0 Å². The maximum Gasteiger partial charge on any atom is 0.254 e. The van der Waals surface area contributed by atoms with Gasteiger partial charge in [-0.25, -0.2) is 24.6 Å². The summed E-state index contributed by atoms with van der Waals surface area (Å²) in [5, 5.41) is 5.65.